The van der Waals surface area contributed by atoms with Crippen LogP contribution >= 0.6 is 0 Å². The third kappa shape index (κ3) is 2.15. The lowest BCUT2D eigenvalue weighted by atomic mass is 10.1. The van der Waals surface area contributed by atoms with Crippen LogP contribution in [0.4, 0.5) is 11.4 Å². The van der Waals surface area contributed by atoms with Crippen LogP contribution in [0.2, 0.25) is 0 Å². The van der Waals surface area contributed by atoms with Gasteiger partial charge in [0.2, 0.25) is 11.8 Å². The summed E-state index contributed by atoms with van der Waals surface area (Å²) in [7, 11) is 0. The molecule has 0 spiro atoms. The van der Waals surface area contributed by atoms with Gasteiger partial charge < -0.3 is 15.5 Å². The molecule has 0 bridgehead atoms. The molecule has 3 aliphatic rings. The molecule has 1 saturated carbocycles. The molecule has 3 amide bonds. The molecule has 6 heteroatoms. The summed E-state index contributed by atoms with van der Waals surface area (Å²) in [5.74, 6) is -0.154. The normalized spacial score (nSPS) is 23.5. The second kappa shape index (κ2) is 4.83. The van der Waals surface area contributed by atoms with E-state index in [9.17, 15) is 14.4 Å². The molecule has 2 aliphatic heterocycles. The number of carbonyl (C=O) groups excluding carboxylic acids is 3. The lowest BCUT2D eigenvalue weighted by Gasteiger charge is -2.20. The molecule has 2 N–H and O–H groups in total. The Hall–Kier alpha value is -2.37. The van der Waals surface area contributed by atoms with Crippen LogP contribution in [-0.4, -0.2) is 35.2 Å². The molecule has 114 valence electrons. The smallest absolute Gasteiger partial charge is 0.256 e. The van der Waals surface area contributed by atoms with Gasteiger partial charge in [0.25, 0.3) is 5.91 Å². The second-order valence-corrected chi connectivity index (χ2v) is 6.17. The van der Waals surface area contributed by atoms with E-state index in [1.54, 1.807) is 23.1 Å². The number of nitrogens with one attached hydrogen (secondary N) is 2. The average molecular weight is 299 g/mol. The highest BCUT2D eigenvalue weighted by atomic mass is 16.2. The summed E-state index contributed by atoms with van der Waals surface area (Å²) in [6, 6.07) is 4.71. The Bertz CT molecular complexity index is 681. The molecule has 1 saturated heterocycles. The van der Waals surface area contributed by atoms with Crippen LogP contribution in [0.5, 0.6) is 0 Å². The Labute approximate surface area is 127 Å². The fourth-order valence-electron chi connectivity index (χ4n) is 3.15. The highest BCUT2D eigenvalue weighted by Gasteiger charge is 2.38. The fourth-order valence-corrected chi connectivity index (χ4v) is 3.15. The van der Waals surface area contributed by atoms with Crippen LogP contribution < -0.4 is 10.6 Å². The molecule has 1 aromatic carbocycles. The minimum atomic E-state index is -0.371. The maximum absolute atomic E-state index is 12.7. The van der Waals surface area contributed by atoms with Crippen LogP contribution in [0.3, 0.4) is 0 Å². The van der Waals surface area contributed by atoms with E-state index in [4.69, 9.17) is 0 Å². The summed E-state index contributed by atoms with van der Waals surface area (Å²) in [6.45, 7) is 0.606. The quantitative estimate of drug-likeness (QED) is 0.870. The average Bonchev–Trinajstić information content (AvgIpc) is 3.25. The van der Waals surface area contributed by atoms with Gasteiger partial charge in [0.15, 0.2) is 0 Å². The minimum absolute atomic E-state index is 0.00380. The van der Waals surface area contributed by atoms with E-state index >= 15 is 0 Å². The maximum atomic E-state index is 12.7. The van der Waals surface area contributed by atoms with E-state index in [2.05, 4.69) is 10.6 Å². The first-order valence-corrected chi connectivity index (χ1v) is 7.70. The second-order valence-electron chi connectivity index (χ2n) is 6.17. The predicted octanol–water partition coefficient (Wildman–Crippen LogP) is 1.59. The first-order chi connectivity index (χ1) is 10.6. The van der Waals surface area contributed by atoms with Crippen LogP contribution in [-0.2, 0) is 9.59 Å². The molecule has 1 aromatic rings. The monoisotopic (exact) mass is 299 g/mol. The third-order valence-corrected chi connectivity index (χ3v) is 4.54. The largest absolute Gasteiger partial charge is 0.327 e. The van der Waals surface area contributed by atoms with Gasteiger partial charge in [-0.05, 0) is 43.9 Å². The number of hydrogen-bond donors (Lipinski definition) is 2. The van der Waals surface area contributed by atoms with Crippen LogP contribution in [0.15, 0.2) is 18.2 Å². The Morgan fingerprint density at radius 3 is 2.82 bits per heavy atom. The van der Waals surface area contributed by atoms with Crippen molar-refractivity contribution < 1.29 is 14.4 Å². The summed E-state index contributed by atoms with van der Waals surface area (Å²) in [5.41, 5.74) is 1.58. The lowest BCUT2D eigenvalue weighted by Crippen LogP contribution is -2.40. The van der Waals surface area contributed by atoms with E-state index in [0.717, 1.165) is 19.3 Å². The maximum Gasteiger partial charge on any atom is 0.256 e. The molecule has 0 aromatic heterocycles. The summed E-state index contributed by atoms with van der Waals surface area (Å²) >= 11 is 0. The molecular formula is C16H17N3O3. The zero-order valence-electron chi connectivity index (χ0n) is 12.1. The number of rotatable bonds is 2. The number of nitrogens with zero attached hydrogens (tertiary/aromatic N) is 1. The van der Waals surface area contributed by atoms with Gasteiger partial charge in [0.05, 0.1) is 11.3 Å². The summed E-state index contributed by atoms with van der Waals surface area (Å²) in [6.07, 6.45) is 3.41. The number of amides is 3. The number of carbonyl (C=O) groups is 3. The molecule has 4 rings (SSSR count). The summed E-state index contributed by atoms with van der Waals surface area (Å²) in [4.78, 5) is 38.3. The van der Waals surface area contributed by atoms with Gasteiger partial charge in [-0.3, -0.25) is 14.4 Å². The van der Waals surface area contributed by atoms with Gasteiger partial charge in [-0.15, -0.1) is 0 Å². The number of hydrogen-bond acceptors (Lipinski definition) is 3. The van der Waals surface area contributed by atoms with Gasteiger partial charge in [-0.1, -0.05) is 0 Å². The Morgan fingerprint density at radius 2 is 2.05 bits per heavy atom. The SMILES string of the molecule is O=C(Nc1ccc2c(c1)C(=O)N1CCC[C@@H]1C(=O)N2)C1CC1. The van der Waals surface area contributed by atoms with Gasteiger partial charge in [0.1, 0.15) is 6.04 Å². The molecule has 1 aliphatic carbocycles. The molecule has 2 fully saturated rings. The van der Waals surface area contributed by atoms with Crippen molar-refractivity contribution in [3.05, 3.63) is 23.8 Å². The number of fused-ring (bicyclic) bond motifs is 2. The molecule has 22 heavy (non-hydrogen) atoms. The molecule has 2 heterocycles. The molecule has 0 radical (unpaired) electrons. The van der Waals surface area contributed by atoms with Gasteiger partial charge in [0, 0.05) is 18.2 Å². The Balaban J connectivity index is 1.66. The zero-order valence-corrected chi connectivity index (χ0v) is 12.1. The Kier molecular flexibility index (Phi) is 2.92. The van der Waals surface area contributed by atoms with Crippen molar-refractivity contribution >= 4 is 29.1 Å². The van der Waals surface area contributed by atoms with Crippen molar-refractivity contribution in [2.75, 3.05) is 17.2 Å². The number of anilines is 2. The van der Waals surface area contributed by atoms with Crippen LogP contribution in [0.25, 0.3) is 0 Å². The standard InChI is InChI=1S/C16H17N3O3/c20-14(9-3-4-9)17-10-5-6-12-11(8-10)16(22)19-7-1-2-13(19)15(21)18-12/h5-6,8-9,13H,1-4,7H2,(H,17,20)(H,18,21)/t13-/m1/s1. The number of benzene rings is 1. The van der Waals surface area contributed by atoms with E-state index < -0.39 is 0 Å². The molecule has 1 atom stereocenters. The van der Waals surface area contributed by atoms with E-state index in [0.29, 0.717) is 29.9 Å². The van der Waals surface area contributed by atoms with E-state index in [1.165, 1.54) is 0 Å². The van der Waals surface area contributed by atoms with Crippen molar-refractivity contribution in [1.29, 1.82) is 0 Å². The summed E-state index contributed by atoms with van der Waals surface area (Å²) in [5, 5.41) is 5.67. The van der Waals surface area contributed by atoms with Gasteiger partial charge in [-0.2, -0.15) is 0 Å². The molecule has 6 nitrogen and oxygen atoms in total. The van der Waals surface area contributed by atoms with Crippen LogP contribution in [0, 0.1) is 5.92 Å². The van der Waals surface area contributed by atoms with E-state index in [-0.39, 0.29) is 29.7 Å². The van der Waals surface area contributed by atoms with Gasteiger partial charge >= 0.3 is 0 Å². The van der Waals surface area contributed by atoms with Crippen molar-refractivity contribution in [2.24, 2.45) is 5.92 Å². The van der Waals surface area contributed by atoms with Crippen molar-refractivity contribution in [3.63, 3.8) is 0 Å². The van der Waals surface area contributed by atoms with Crippen molar-refractivity contribution in [1.82, 2.24) is 4.90 Å². The topological polar surface area (TPSA) is 78.5 Å². The zero-order chi connectivity index (χ0) is 15.3. The predicted molar refractivity (Wildman–Crippen MR) is 80.5 cm³/mol. The summed E-state index contributed by atoms with van der Waals surface area (Å²) < 4.78 is 0. The first-order valence-electron chi connectivity index (χ1n) is 7.70. The Morgan fingerprint density at radius 1 is 1.23 bits per heavy atom. The van der Waals surface area contributed by atoms with Gasteiger partial charge in [-0.25, -0.2) is 0 Å². The highest BCUT2D eigenvalue weighted by molar-refractivity contribution is 6.11. The molecular weight excluding hydrogens is 282 g/mol. The van der Waals surface area contributed by atoms with E-state index in [1.807, 2.05) is 0 Å². The third-order valence-electron chi connectivity index (χ3n) is 4.54. The highest BCUT2D eigenvalue weighted by Crippen LogP contribution is 2.32. The van der Waals surface area contributed by atoms with Crippen molar-refractivity contribution in [3.8, 4) is 0 Å². The van der Waals surface area contributed by atoms with Crippen LogP contribution in [0.1, 0.15) is 36.0 Å². The van der Waals surface area contributed by atoms with Crippen molar-refractivity contribution in [2.45, 2.75) is 31.7 Å². The fraction of sp³-hybridized carbons (Fsp3) is 0.438. The lowest BCUT2D eigenvalue weighted by molar-refractivity contribution is -0.119. The first kappa shape index (κ1) is 13.3. The minimum Gasteiger partial charge on any atom is -0.327 e. The molecule has 0 unspecified atom stereocenters.